The molecule has 304 valence electrons. The second-order valence-electron chi connectivity index (χ2n) is 14.7. The highest BCUT2D eigenvalue weighted by Gasteiger charge is 2.31. The van der Waals surface area contributed by atoms with E-state index in [4.69, 9.17) is 9.47 Å². The van der Waals surface area contributed by atoms with Crippen LogP contribution in [0.2, 0.25) is 0 Å². The largest absolute Gasteiger partial charge is 0.490 e. The zero-order valence-corrected chi connectivity index (χ0v) is 34.0. The monoisotopic (exact) mass is 784 g/mol. The summed E-state index contributed by atoms with van der Waals surface area (Å²) < 4.78 is 12.1. The number of fused-ring (bicyclic) bond motifs is 2. The second kappa shape index (κ2) is 22.0. The highest BCUT2D eigenvalue weighted by Crippen LogP contribution is 2.25. The predicted molar refractivity (Wildman–Crippen MR) is 228 cm³/mol. The maximum absolute atomic E-state index is 13.3. The number of carbonyl (C=O) groups is 4. The van der Waals surface area contributed by atoms with Gasteiger partial charge in [-0.3, -0.25) is 19.2 Å². The quantitative estimate of drug-likeness (QED) is 0.212. The fourth-order valence-corrected chi connectivity index (χ4v) is 6.78. The summed E-state index contributed by atoms with van der Waals surface area (Å²) >= 11 is 0. The van der Waals surface area contributed by atoms with Gasteiger partial charge >= 0.3 is 0 Å². The first kappa shape index (κ1) is 43.0. The SMILES string of the molecule is C[C@@H]1C/C=C/CCNC(=O)[C@@H](Cc2ccccc2)N(C)C(=O)c2ccccc2O1.C[C@@H]1C/C=C\CCNC(=O)[C@@H](Cc2ccccc2)N(C)C(=O)c2ccccc2O1. The van der Waals surface area contributed by atoms with Gasteiger partial charge in [0, 0.05) is 52.9 Å². The van der Waals surface area contributed by atoms with E-state index in [2.05, 4.69) is 34.9 Å². The third-order valence-electron chi connectivity index (χ3n) is 10.1. The molecule has 4 atom stereocenters. The number of rotatable bonds is 4. The maximum atomic E-state index is 13.3. The van der Waals surface area contributed by atoms with E-state index in [1.165, 1.54) is 9.80 Å². The minimum Gasteiger partial charge on any atom is -0.490 e. The van der Waals surface area contributed by atoms with Gasteiger partial charge in [-0.15, -0.1) is 0 Å². The zero-order chi connectivity index (χ0) is 41.3. The predicted octanol–water partition coefficient (Wildman–Crippen LogP) is 7.21. The highest BCUT2D eigenvalue weighted by molar-refractivity contribution is 6.00. The van der Waals surface area contributed by atoms with Gasteiger partial charge in [0.1, 0.15) is 23.6 Å². The molecule has 10 heteroatoms. The van der Waals surface area contributed by atoms with Crippen LogP contribution < -0.4 is 20.1 Å². The van der Waals surface area contributed by atoms with Gasteiger partial charge in [-0.1, -0.05) is 109 Å². The summed E-state index contributed by atoms with van der Waals surface area (Å²) in [4.78, 5) is 55.6. The lowest BCUT2D eigenvalue weighted by molar-refractivity contribution is -0.125. The normalized spacial score (nSPS) is 22.1. The molecule has 0 unspecified atom stereocenters. The fraction of sp³-hybridized carbons (Fsp3) is 0.333. The van der Waals surface area contributed by atoms with Crippen LogP contribution in [0.4, 0.5) is 0 Å². The summed E-state index contributed by atoms with van der Waals surface area (Å²) in [5, 5.41) is 5.96. The molecule has 4 amide bonds. The van der Waals surface area contributed by atoms with Crippen LogP contribution in [-0.2, 0) is 22.4 Å². The lowest BCUT2D eigenvalue weighted by atomic mass is 10.0. The second-order valence-corrected chi connectivity index (χ2v) is 14.7. The van der Waals surface area contributed by atoms with Gasteiger partial charge in [-0.25, -0.2) is 0 Å². The van der Waals surface area contributed by atoms with E-state index in [0.717, 1.165) is 36.8 Å². The van der Waals surface area contributed by atoms with E-state index in [1.807, 2.05) is 98.8 Å². The van der Waals surface area contributed by atoms with Gasteiger partial charge in [-0.2, -0.15) is 0 Å². The zero-order valence-electron chi connectivity index (χ0n) is 34.0. The summed E-state index contributed by atoms with van der Waals surface area (Å²) in [7, 11) is 3.36. The lowest BCUT2D eigenvalue weighted by Gasteiger charge is -2.28. The Morgan fingerprint density at radius 2 is 0.879 bits per heavy atom. The molecule has 0 fully saturated rings. The molecule has 58 heavy (non-hydrogen) atoms. The standard InChI is InChI=1S/2C24H28N2O3/c2*1-18-11-5-4-10-16-25-23(27)21(17-19-12-6-3-7-13-19)26(2)24(28)20-14-8-9-15-22(20)29-18/h2*3-9,12-15,18,21H,10-11,16-17H2,1-2H3,(H,25,27)/b5-4+;5-4-/t2*18-,21-/m11/s1. The van der Waals surface area contributed by atoms with Gasteiger partial charge in [0.15, 0.2) is 0 Å². The third-order valence-corrected chi connectivity index (χ3v) is 10.1. The van der Waals surface area contributed by atoms with Crippen molar-refractivity contribution in [1.82, 2.24) is 20.4 Å². The first-order valence-corrected chi connectivity index (χ1v) is 20.1. The summed E-state index contributed by atoms with van der Waals surface area (Å²) in [6.07, 6.45) is 12.0. The molecule has 0 radical (unpaired) electrons. The van der Waals surface area contributed by atoms with Crippen molar-refractivity contribution in [2.75, 3.05) is 27.2 Å². The summed E-state index contributed by atoms with van der Waals surface area (Å²) in [5.74, 6) is 0.333. The molecular weight excluding hydrogens is 729 g/mol. The number of para-hydroxylation sites is 2. The minimum absolute atomic E-state index is 0.0526. The van der Waals surface area contributed by atoms with Crippen LogP contribution in [0, 0.1) is 0 Å². The van der Waals surface area contributed by atoms with Gasteiger partial charge in [-0.05, 0) is 62.1 Å². The van der Waals surface area contributed by atoms with Gasteiger partial charge < -0.3 is 29.9 Å². The molecule has 2 N–H and O–H groups in total. The number of carbonyl (C=O) groups excluding carboxylic acids is 4. The molecule has 6 rings (SSSR count). The maximum Gasteiger partial charge on any atom is 0.258 e. The Morgan fingerprint density at radius 3 is 1.28 bits per heavy atom. The number of benzene rings is 4. The van der Waals surface area contributed by atoms with Crippen molar-refractivity contribution in [3.05, 3.63) is 156 Å². The Kier molecular flexibility index (Phi) is 16.3. The Balaban J connectivity index is 0.000000221. The van der Waals surface area contributed by atoms with Crippen molar-refractivity contribution in [3.8, 4) is 11.5 Å². The van der Waals surface area contributed by atoms with Crippen LogP contribution in [0.1, 0.15) is 71.4 Å². The molecule has 10 nitrogen and oxygen atoms in total. The van der Waals surface area contributed by atoms with Crippen LogP contribution in [-0.4, -0.2) is 84.9 Å². The van der Waals surface area contributed by atoms with Crippen LogP contribution >= 0.6 is 0 Å². The number of ether oxygens (including phenoxy) is 2. The molecule has 2 heterocycles. The molecule has 2 aliphatic rings. The molecule has 2 aliphatic heterocycles. The Morgan fingerprint density at radius 1 is 0.517 bits per heavy atom. The first-order valence-electron chi connectivity index (χ1n) is 20.1. The Bertz CT molecular complexity index is 1870. The molecule has 0 aliphatic carbocycles. The molecule has 4 aromatic carbocycles. The van der Waals surface area contributed by atoms with Crippen molar-refractivity contribution >= 4 is 23.6 Å². The minimum atomic E-state index is -0.609. The molecule has 0 spiro atoms. The van der Waals surface area contributed by atoms with Crippen molar-refractivity contribution in [2.24, 2.45) is 0 Å². The lowest BCUT2D eigenvalue weighted by Crippen LogP contribution is -2.49. The summed E-state index contributed by atoms with van der Waals surface area (Å²) in [5.41, 5.74) is 2.94. The smallest absolute Gasteiger partial charge is 0.258 e. The molecule has 0 aromatic heterocycles. The van der Waals surface area contributed by atoms with Gasteiger partial charge in [0.25, 0.3) is 11.8 Å². The first-order chi connectivity index (χ1) is 28.1. The van der Waals surface area contributed by atoms with E-state index >= 15 is 0 Å². The molecule has 4 aromatic rings. The molecular formula is C48H56N4O6. The van der Waals surface area contributed by atoms with E-state index < -0.39 is 12.1 Å². The Labute approximate surface area is 342 Å². The number of nitrogens with zero attached hydrogens (tertiary/aromatic N) is 2. The van der Waals surface area contributed by atoms with Gasteiger partial charge in [0.2, 0.25) is 11.8 Å². The van der Waals surface area contributed by atoms with Crippen molar-refractivity contribution in [1.29, 1.82) is 0 Å². The van der Waals surface area contributed by atoms with Crippen LogP contribution in [0.15, 0.2) is 133 Å². The number of hydrogen-bond donors (Lipinski definition) is 2. The van der Waals surface area contributed by atoms with Crippen LogP contribution in [0.5, 0.6) is 11.5 Å². The van der Waals surface area contributed by atoms with E-state index in [9.17, 15) is 19.2 Å². The van der Waals surface area contributed by atoms with E-state index in [-0.39, 0.29) is 35.8 Å². The summed E-state index contributed by atoms with van der Waals surface area (Å²) in [6.45, 7) is 5.05. The van der Waals surface area contributed by atoms with Crippen molar-refractivity contribution in [3.63, 3.8) is 0 Å². The van der Waals surface area contributed by atoms with E-state index in [1.54, 1.807) is 38.4 Å². The average Bonchev–Trinajstić information content (AvgIpc) is 3.24. The van der Waals surface area contributed by atoms with Crippen molar-refractivity contribution in [2.45, 2.75) is 76.7 Å². The fourth-order valence-electron chi connectivity index (χ4n) is 6.78. The number of hydrogen-bond acceptors (Lipinski definition) is 6. The number of nitrogens with one attached hydrogen (secondary N) is 2. The van der Waals surface area contributed by atoms with Crippen molar-refractivity contribution < 1.29 is 28.7 Å². The summed E-state index contributed by atoms with van der Waals surface area (Å²) in [6, 6.07) is 32.7. The topological polar surface area (TPSA) is 117 Å². The number of likely N-dealkylation sites (N-methyl/N-ethyl adjacent to an activating group) is 2. The Hall–Kier alpha value is -6.16. The number of amides is 4. The molecule has 0 bridgehead atoms. The van der Waals surface area contributed by atoms with E-state index in [0.29, 0.717) is 48.6 Å². The molecule has 0 saturated heterocycles. The van der Waals surface area contributed by atoms with Gasteiger partial charge in [0.05, 0.1) is 23.3 Å². The highest BCUT2D eigenvalue weighted by atomic mass is 16.5. The van der Waals surface area contributed by atoms with Crippen LogP contribution in [0.25, 0.3) is 0 Å². The third kappa shape index (κ3) is 12.4. The average molecular weight is 785 g/mol. The van der Waals surface area contributed by atoms with Crippen LogP contribution in [0.3, 0.4) is 0 Å². The molecule has 0 saturated carbocycles.